The lowest BCUT2D eigenvalue weighted by Crippen LogP contribution is -2.40. The number of carbonyl (C=O) groups is 1. The van der Waals surface area contributed by atoms with Crippen molar-refractivity contribution in [3.05, 3.63) is 47.6 Å². The first-order valence-electron chi connectivity index (χ1n) is 9.35. The van der Waals surface area contributed by atoms with E-state index in [4.69, 9.17) is 4.74 Å². The van der Waals surface area contributed by atoms with Crippen molar-refractivity contribution >= 4 is 33.3 Å². The van der Waals surface area contributed by atoms with Crippen LogP contribution in [0.15, 0.2) is 41.9 Å². The Bertz CT molecular complexity index is 984. The van der Waals surface area contributed by atoms with Crippen LogP contribution in [-0.2, 0) is 11.2 Å². The van der Waals surface area contributed by atoms with Gasteiger partial charge in [0.2, 0.25) is 5.91 Å². The Labute approximate surface area is 167 Å². The number of benzene rings is 1. The molecule has 7 heteroatoms. The highest BCUT2D eigenvalue weighted by molar-refractivity contribution is 7.13. The molecule has 146 valence electrons. The maximum Gasteiger partial charge on any atom is 0.229 e. The number of thiazole rings is 1. The van der Waals surface area contributed by atoms with Gasteiger partial charge in [-0.2, -0.15) is 0 Å². The van der Waals surface area contributed by atoms with Crippen LogP contribution in [0, 0.1) is 5.92 Å². The van der Waals surface area contributed by atoms with Crippen molar-refractivity contribution < 1.29 is 14.6 Å². The molecule has 3 aromatic rings. The number of rotatable bonds is 6. The number of amides is 1. The highest BCUT2D eigenvalue weighted by atomic mass is 32.1. The smallest absolute Gasteiger partial charge is 0.229 e. The molecule has 0 radical (unpaired) electrons. The van der Waals surface area contributed by atoms with Crippen LogP contribution in [0.3, 0.4) is 0 Å². The summed E-state index contributed by atoms with van der Waals surface area (Å²) in [7, 11) is 0. The minimum atomic E-state index is -0.815. The maximum atomic E-state index is 12.4. The second-order valence-electron chi connectivity index (χ2n) is 7.86. The summed E-state index contributed by atoms with van der Waals surface area (Å²) in [6, 6.07) is 9.79. The van der Waals surface area contributed by atoms with Gasteiger partial charge in [-0.05, 0) is 38.8 Å². The molecule has 0 aliphatic heterocycles. The number of nitrogens with one attached hydrogen (secondary N) is 1. The molecular weight excluding hydrogens is 374 g/mol. The van der Waals surface area contributed by atoms with Gasteiger partial charge in [-0.1, -0.05) is 18.2 Å². The van der Waals surface area contributed by atoms with E-state index in [1.807, 2.05) is 35.7 Å². The van der Waals surface area contributed by atoms with E-state index in [0.29, 0.717) is 24.4 Å². The van der Waals surface area contributed by atoms with E-state index < -0.39 is 5.60 Å². The third kappa shape index (κ3) is 4.31. The number of hydrogen-bond acceptors (Lipinski definition) is 6. The minimum absolute atomic E-state index is 0.0189. The third-order valence-electron chi connectivity index (χ3n) is 4.75. The Kier molecular flexibility index (Phi) is 5.03. The largest absolute Gasteiger partial charge is 0.488 e. The number of nitrogens with zero attached hydrogens (tertiary/aromatic N) is 2. The molecule has 1 saturated carbocycles. The predicted molar refractivity (Wildman–Crippen MR) is 110 cm³/mol. The third-order valence-corrected chi connectivity index (χ3v) is 5.56. The molecule has 0 atom stereocenters. The molecular formula is C21H23N3O3S. The van der Waals surface area contributed by atoms with Crippen LogP contribution in [0.1, 0.15) is 32.4 Å². The van der Waals surface area contributed by atoms with E-state index in [1.165, 1.54) is 11.3 Å². The molecule has 28 heavy (non-hydrogen) atoms. The molecule has 1 fully saturated rings. The van der Waals surface area contributed by atoms with Gasteiger partial charge in [-0.15, -0.1) is 11.3 Å². The average Bonchev–Trinajstić information content (AvgIpc) is 3.02. The molecule has 2 aromatic heterocycles. The lowest BCUT2D eigenvalue weighted by molar-refractivity contribution is -0.125. The molecule has 2 N–H and O–H groups in total. The highest BCUT2D eigenvalue weighted by Gasteiger charge is 2.36. The summed E-state index contributed by atoms with van der Waals surface area (Å²) >= 11 is 1.38. The van der Waals surface area contributed by atoms with Crippen molar-refractivity contribution in [1.82, 2.24) is 9.97 Å². The Balaban J connectivity index is 1.31. The van der Waals surface area contributed by atoms with E-state index in [0.717, 1.165) is 22.3 Å². The lowest BCUT2D eigenvalue weighted by Gasteiger charge is -2.34. The Morgan fingerprint density at radius 3 is 2.89 bits per heavy atom. The first kappa shape index (κ1) is 18.8. The van der Waals surface area contributed by atoms with E-state index in [-0.39, 0.29) is 17.9 Å². The van der Waals surface area contributed by atoms with Gasteiger partial charge in [0.25, 0.3) is 0 Å². The van der Waals surface area contributed by atoms with Gasteiger partial charge < -0.3 is 15.2 Å². The van der Waals surface area contributed by atoms with Gasteiger partial charge in [0.1, 0.15) is 17.4 Å². The van der Waals surface area contributed by atoms with Crippen LogP contribution in [-0.4, -0.2) is 32.7 Å². The van der Waals surface area contributed by atoms with Crippen molar-refractivity contribution in [2.75, 3.05) is 5.32 Å². The maximum absolute atomic E-state index is 12.4. The van der Waals surface area contributed by atoms with Crippen LogP contribution < -0.4 is 10.1 Å². The second-order valence-corrected chi connectivity index (χ2v) is 8.72. The van der Waals surface area contributed by atoms with Crippen molar-refractivity contribution in [1.29, 1.82) is 0 Å². The second kappa shape index (κ2) is 7.48. The molecule has 6 nitrogen and oxygen atoms in total. The summed E-state index contributed by atoms with van der Waals surface area (Å²) in [5.41, 5.74) is 0.816. The zero-order chi connectivity index (χ0) is 19.7. The fraction of sp³-hybridized carbons (Fsp3) is 0.381. The zero-order valence-electron chi connectivity index (χ0n) is 15.9. The number of ether oxygens (including phenoxy) is 1. The van der Waals surface area contributed by atoms with E-state index in [1.54, 1.807) is 20.0 Å². The van der Waals surface area contributed by atoms with Gasteiger partial charge in [-0.25, -0.2) is 4.98 Å². The molecule has 0 bridgehead atoms. The van der Waals surface area contributed by atoms with Crippen LogP contribution in [0.5, 0.6) is 5.75 Å². The number of hydrogen-bond donors (Lipinski definition) is 2. The molecule has 4 rings (SSSR count). The number of carbonyl (C=O) groups excluding carboxylic acids is 1. The summed E-state index contributed by atoms with van der Waals surface area (Å²) in [5.74, 6) is 0.660. The van der Waals surface area contributed by atoms with Gasteiger partial charge in [-0.3, -0.25) is 9.78 Å². The summed E-state index contributed by atoms with van der Waals surface area (Å²) in [4.78, 5) is 21.2. The first-order valence-corrected chi connectivity index (χ1v) is 10.2. The standard InChI is InChI=1S/C21H23N3O3S/c1-21(2,26)11-15-12-28-20(23-15)24-19(25)14-9-16(10-14)27-17-7-3-5-13-6-4-8-22-18(13)17/h3-8,12,14,16,26H,9-11H2,1-2H3,(H,23,24,25). The Hall–Kier alpha value is -2.51. The normalized spacial score (nSPS) is 19.2. The van der Waals surface area contributed by atoms with Gasteiger partial charge >= 0.3 is 0 Å². The lowest BCUT2D eigenvalue weighted by atomic mass is 9.81. The average molecular weight is 398 g/mol. The summed E-state index contributed by atoms with van der Waals surface area (Å²) in [5, 5.41) is 16.2. The summed E-state index contributed by atoms with van der Waals surface area (Å²) in [6.07, 6.45) is 3.59. The fourth-order valence-corrected chi connectivity index (χ4v) is 4.04. The van der Waals surface area contributed by atoms with Gasteiger partial charge in [0.15, 0.2) is 5.13 Å². The number of anilines is 1. The van der Waals surface area contributed by atoms with Gasteiger partial charge in [0, 0.05) is 29.3 Å². The fourth-order valence-electron chi connectivity index (χ4n) is 3.32. The topological polar surface area (TPSA) is 84.3 Å². The molecule has 0 saturated heterocycles. The van der Waals surface area contributed by atoms with Crippen LogP contribution in [0.2, 0.25) is 0 Å². The first-order chi connectivity index (χ1) is 13.4. The molecule has 1 aliphatic carbocycles. The number of aromatic nitrogens is 2. The van der Waals surface area contributed by atoms with Crippen LogP contribution >= 0.6 is 11.3 Å². The van der Waals surface area contributed by atoms with Crippen LogP contribution in [0.25, 0.3) is 10.9 Å². The summed E-state index contributed by atoms with van der Waals surface area (Å²) < 4.78 is 6.07. The molecule has 1 amide bonds. The van der Waals surface area contributed by atoms with Crippen molar-refractivity contribution in [2.45, 2.75) is 44.8 Å². The zero-order valence-corrected chi connectivity index (χ0v) is 16.7. The monoisotopic (exact) mass is 397 g/mol. The highest BCUT2D eigenvalue weighted by Crippen LogP contribution is 2.34. The number of pyridine rings is 1. The van der Waals surface area contributed by atoms with Gasteiger partial charge in [0.05, 0.1) is 11.3 Å². The van der Waals surface area contributed by atoms with Crippen molar-refractivity contribution in [3.63, 3.8) is 0 Å². The number of para-hydroxylation sites is 1. The van der Waals surface area contributed by atoms with Crippen LogP contribution in [0.4, 0.5) is 5.13 Å². The Morgan fingerprint density at radius 2 is 2.11 bits per heavy atom. The van der Waals surface area contributed by atoms with Crippen molar-refractivity contribution in [3.8, 4) is 5.75 Å². The Morgan fingerprint density at radius 1 is 1.32 bits per heavy atom. The summed E-state index contributed by atoms with van der Waals surface area (Å²) in [6.45, 7) is 3.48. The minimum Gasteiger partial charge on any atom is -0.488 e. The molecule has 1 aromatic carbocycles. The van der Waals surface area contributed by atoms with Crippen molar-refractivity contribution in [2.24, 2.45) is 5.92 Å². The van der Waals surface area contributed by atoms with E-state index in [2.05, 4.69) is 15.3 Å². The quantitative estimate of drug-likeness (QED) is 0.661. The molecule has 0 unspecified atom stereocenters. The molecule has 1 aliphatic rings. The molecule has 2 heterocycles. The van der Waals surface area contributed by atoms with E-state index >= 15 is 0 Å². The predicted octanol–water partition coefficient (Wildman–Crippen LogP) is 3.80. The number of fused-ring (bicyclic) bond motifs is 1. The molecule has 0 spiro atoms. The van der Waals surface area contributed by atoms with E-state index in [9.17, 15) is 9.90 Å². The number of aliphatic hydroxyl groups is 1. The SMILES string of the molecule is CC(C)(O)Cc1csc(NC(=O)C2CC(Oc3cccc4cccnc34)C2)n1.